The quantitative estimate of drug-likeness (QED) is 0.542. The van der Waals surface area contributed by atoms with Gasteiger partial charge >= 0.3 is 0 Å². The molecular formula is C21H21N3O2S3. The molecule has 150 valence electrons. The van der Waals surface area contributed by atoms with Crippen LogP contribution in [0.25, 0.3) is 0 Å². The molecule has 0 radical (unpaired) electrons. The molecule has 0 spiro atoms. The summed E-state index contributed by atoms with van der Waals surface area (Å²) in [5, 5.41) is 7.24. The number of para-hydroxylation sites is 1. The van der Waals surface area contributed by atoms with Crippen molar-refractivity contribution in [2.24, 2.45) is 5.73 Å². The largest absolute Gasteiger partial charge is 0.369 e. The number of thiophene rings is 2. The lowest BCUT2D eigenvalue weighted by atomic mass is 9.98. The molecule has 5 nitrogen and oxygen atoms in total. The maximum absolute atomic E-state index is 12.9. The van der Waals surface area contributed by atoms with E-state index < -0.39 is 0 Å². The Morgan fingerprint density at radius 2 is 2.00 bits per heavy atom. The first-order valence-corrected chi connectivity index (χ1v) is 12.0. The number of amides is 2. The zero-order chi connectivity index (χ0) is 20.2. The highest BCUT2D eigenvalue weighted by Gasteiger charge is 2.31. The number of anilines is 1. The molecule has 8 heteroatoms. The predicted molar refractivity (Wildman–Crippen MR) is 121 cm³/mol. The Balaban J connectivity index is 1.49. The second-order valence-electron chi connectivity index (χ2n) is 6.74. The molecule has 2 amide bonds. The van der Waals surface area contributed by atoms with Crippen LogP contribution in [0.4, 0.5) is 5.69 Å². The number of fused-ring (bicyclic) bond motifs is 1. The van der Waals surface area contributed by atoms with Crippen LogP contribution in [0.1, 0.15) is 21.4 Å². The van der Waals surface area contributed by atoms with Crippen molar-refractivity contribution in [2.75, 3.05) is 24.2 Å². The van der Waals surface area contributed by atoms with E-state index in [-0.39, 0.29) is 23.6 Å². The number of rotatable bonds is 7. The second-order valence-corrected chi connectivity index (χ2v) is 9.73. The van der Waals surface area contributed by atoms with Crippen LogP contribution in [0.2, 0.25) is 0 Å². The summed E-state index contributed by atoms with van der Waals surface area (Å²) in [6.45, 7) is 1.16. The molecule has 29 heavy (non-hydrogen) atoms. The molecule has 0 unspecified atom stereocenters. The number of carbonyl (C=O) groups is 2. The Bertz CT molecular complexity index is 1000. The number of nitrogens with two attached hydrogens (primary N) is 1. The van der Waals surface area contributed by atoms with Gasteiger partial charge in [-0.05, 0) is 47.0 Å². The maximum atomic E-state index is 12.9. The van der Waals surface area contributed by atoms with E-state index in [1.807, 2.05) is 24.3 Å². The number of hydrogen-bond acceptors (Lipinski definition) is 6. The summed E-state index contributed by atoms with van der Waals surface area (Å²) >= 11 is 4.86. The van der Waals surface area contributed by atoms with E-state index in [4.69, 9.17) is 5.73 Å². The molecule has 1 aliphatic heterocycles. The first kappa shape index (κ1) is 20.2. The first-order chi connectivity index (χ1) is 14.1. The minimum Gasteiger partial charge on any atom is -0.369 e. The van der Waals surface area contributed by atoms with E-state index in [2.05, 4.69) is 39.2 Å². The van der Waals surface area contributed by atoms with E-state index in [0.717, 1.165) is 17.9 Å². The molecule has 0 bridgehead atoms. The van der Waals surface area contributed by atoms with Crippen LogP contribution in [0, 0.1) is 0 Å². The standard InChI is InChI=1S/C21H21N3O2S3/c22-19(25)13-29-17-5-2-1-4-15(17)23-20(26)12-24-9-7-16-14(8-11-28-16)21(24)18-6-3-10-27-18/h1-6,8,10-11,21H,7,9,12-13H2,(H2,22,25)(H,23,26)/t21-/m1/s1. The van der Waals surface area contributed by atoms with Gasteiger partial charge in [-0.3, -0.25) is 14.5 Å². The summed E-state index contributed by atoms with van der Waals surface area (Å²) in [5.41, 5.74) is 7.28. The van der Waals surface area contributed by atoms with E-state index in [1.165, 1.54) is 27.1 Å². The SMILES string of the molecule is NC(=O)CSc1ccccc1NC(=O)CN1CCc2sccc2[C@@H]1c1cccs1. The average Bonchev–Trinajstić information content (AvgIpc) is 3.39. The van der Waals surface area contributed by atoms with Crippen molar-refractivity contribution >= 4 is 51.9 Å². The van der Waals surface area contributed by atoms with E-state index >= 15 is 0 Å². The Morgan fingerprint density at radius 1 is 1.14 bits per heavy atom. The number of carbonyl (C=O) groups excluding carboxylic acids is 2. The van der Waals surface area contributed by atoms with Gasteiger partial charge in [0.05, 0.1) is 24.0 Å². The van der Waals surface area contributed by atoms with Gasteiger partial charge in [0, 0.05) is 21.2 Å². The molecule has 3 heterocycles. The van der Waals surface area contributed by atoms with Gasteiger partial charge in [-0.25, -0.2) is 0 Å². The topological polar surface area (TPSA) is 75.4 Å². The fourth-order valence-corrected chi connectivity index (χ4v) is 6.06. The van der Waals surface area contributed by atoms with Gasteiger partial charge in [-0.15, -0.1) is 34.4 Å². The summed E-state index contributed by atoms with van der Waals surface area (Å²) < 4.78 is 0. The highest BCUT2D eigenvalue weighted by molar-refractivity contribution is 8.00. The van der Waals surface area contributed by atoms with E-state index in [1.54, 1.807) is 22.7 Å². The summed E-state index contributed by atoms with van der Waals surface area (Å²) in [7, 11) is 0. The Hall–Kier alpha value is -2.13. The fraction of sp³-hybridized carbons (Fsp3) is 0.238. The normalized spacial score (nSPS) is 16.3. The zero-order valence-electron chi connectivity index (χ0n) is 15.7. The smallest absolute Gasteiger partial charge is 0.238 e. The molecule has 2 aromatic heterocycles. The van der Waals surface area contributed by atoms with Gasteiger partial charge < -0.3 is 11.1 Å². The lowest BCUT2D eigenvalue weighted by molar-refractivity contribution is -0.118. The highest BCUT2D eigenvalue weighted by atomic mass is 32.2. The van der Waals surface area contributed by atoms with Crippen molar-refractivity contribution in [1.29, 1.82) is 0 Å². The van der Waals surface area contributed by atoms with Crippen molar-refractivity contribution in [3.8, 4) is 0 Å². The molecule has 3 N–H and O–H groups in total. The lowest BCUT2D eigenvalue weighted by Crippen LogP contribution is -2.40. The number of nitrogens with zero attached hydrogens (tertiary/aromatic N) is 1. The number of hydrogen-bond donors (Lipinski definition) is 2. The maximum Gasteiger partial charge on any atom is 0.238 e. The van der Waals surface area contributed by atoms with Crippen LogP contribution in [0.3, 0.4) is 0 Å². The zero-order valence-corrected chi connectivity index (χ0v) is 18.1. The van der Waals surface area contributed by atoms with Crippen molar-refractivity contribution in [1.82, 2.24) is 4.90 Å². The number of benzene rings is 1. The summed E-state index contributed by atoms with van der Waals surface area (Å²) in [6.07, 6.45) is 0.965. The lowest BCUT2D eigenvalue weighted by Gasteiger charge is -2.34. The molecule has 4 rings (SSSR count). The summed E-state index contributed by atoms with van der Waals surface area (Å²) in [5.74, 6) is -0.257. The predicted octanol–water partition coefficient (Wildman–Crippen LogP) is 3.97. The van der Waals surface area contributed by atoms with Crippen LogP contribution >= 0.6 is 34.4 Å². The molecule has 0 saturated carbocycles. The molecule has 0 aliphatic carbocycles. The van der Waals surface area contributed by atoms with Crippen molar-refractivity contribution < 1.29 is 9.59 Å². The monoisotopic (exact) mass is 443 g/mol. The van der Waals surface area contributed by atoms with Crippen LogP contribution in [0.5, 0.6) is 0 Å². The summed E-state index contributed by atoms with van der Waals surface area (Å²) in [6, 6.07) is 14.0. The van der Waals surface area contributed by atoms with Gasteiger partial charge in [0.15, 0.2) is 0 Å². The minimum atomic E-state index is -0.380. The summed E-state index contributed by atoms with van der Waals surface area (Å²) in [4.78, 5) is 29.7. The molecule has 0 fully saturated rings. The molecular weight excluding hydrogens is 422 g/mol. The van der Waals surface area contributed by atoms with Crippen molar-refractivity contribution in [3.05, 3.63) is 68.5 Å². The highest BCUT2D eigenvalue weighted by Crippen LogP contribution is 2.39. The third kappa shape index (κ3) is 4.72. The van der Waals surface area contributed by atoms with E-state index in [0.29, 0.717) is 12.2 Å². The Labute approximate surface area is 181 Å². The van der Waals surface area contributed by atoms with Gasteiger partial charge in [0.1, 0.15) is 0 Å². The molecule has 1 atom stereocenters. The minimum absolute atomic E-state index is 0.0580. The van der Waals surface area contributed by atoms with Gasteiger partial charge in [-0.1, -0.05) is 18.2 Å². The Kier molecular flexibility index (Phi) is 6.34. The fourth-order valence-electron chi connectivity index (χ4n) is 3.54. The van der Waals surface area contributed by atoms with Crippen LogP contribution in [0.15, 0.2) is 58.1 Å². The molecule has 1 aromatic carbocycles. The van der Waals surface area contributed by atoms with Crippen molar-refractivity contribution in [3.63, 3.8) is 0 Å². The number of nitrogens with one attached hydrogen (secondary N) is 1. The third-order valence-corrected chi connectivity index (χ3v) is 7.77. The average molecular weight is 444 g/mol. The number of primary amides is 1. The molecule has 1 aliphatic rings. The number of thioether (sulfide) groups is 1. The van der Waals surface area contributed by atoms with Crippen molar-refractivity contribution in [2.45, 2.75) is 17.4 Å². The van der Waals surface area contributed by atoms with Crippen LogP contribution in [-0.4, -0.2) is 35.6 Å². The molecule has 0 saturated heterocycles. The van der Waals surface area contributed by atoms with Crippen LogP contribution in [-0.2, 0) is 16.0 Å². The van der Waals surface area contributed by atoms with E-state index in [9.17, 15) is 9.59 Å². The van der Waals surface area contributed by atoms with Gasteiger partial charge in [0.2, 0.25) is 11.8 Å². The second kappa shape index (κ2) is 9.13. The van der Waals surface area contributed by atoms with Gasteiger partial charge in [0.25, 0.3) is 0 Å². The molecule has 3 aromatic rings. The van der Waals surface area contributed by atoms with Crippen LogP contribution < -0.4 is 11.1 Å². The first-order valence-electron chi connectivity index (χ1n) is 9.25. The third-order valence-electron chi connectivity index (χ3n) is 4.76. The Morgan fingerprint density at radius 3 is 2.79 bits per heavy atom. The van der Waals surface area contributed by atoms with Gasteiger partial charge in [-0.2, -0.15) is 0 Å².